The highest BCUT2D eigenvalue weighted by molar-refractivity contribution is 7.99. The average molecular weight is 402 g/mol. The van der Waals surface area contributed by atoms with Crippen LogP contribution in [-0.4, -0.2) is 27.8 Å². The number of nitrogens with zero attached hydrogens (tertiary/aromatic N) is 2. The maximum Gasteiger partial charge on any atom is 0.262 e. The topological polar surface area (TPSA) is 64.0 Å². The van der Waals surface area contributed by atoms with Crippen molar-refractivity contribution in [2.24, 2.45) is 17.8 Å². The Balaban J connectivity index is 1.95. The van der Waals surface area contributed by atoms with Gasteiger partial charge in [-0.25, -0.2) is 4.98 Å². The Hall–Kier alpha value is -1.82. The number of para-hydroxylation sites is 1. The molecule has 1 heterocycles. The summed E-state index contributed by atoms with van der Waals surface area (Å²) in [6.45, 7) is 9.31. The second kappa shape index (κ2) is 9.12. The van der Waals surface area contributed by atoms with Gasteiger partial charge < -0.3 is 5.32 Å². The normalized spacial score (nSPS) is 22.5. The number of amides is 1. The minimum Gasteiger partial charge on any atom is -0.355 e. The fourth-order valence-electron chi connectivity index (χ4n) is 3.94. The summed E-state index contributed by atoms with van der Waals surface area (Å²) < 4.78 is 1.88. The first kappa shape index (κ1) is 20.9. The molecule has 0 radical (unpaired) electrons. The van der Waals surface area contributed by atoms with E-state index in [9.17, 15) is 9.59 Å². The molecule has 1 aliphatic rings. The SMILES string of the molecule is CC(C)CNC(=O)CSc1nc2ccccc2c(=O)n1[C@@H]1CCC[C@@H](C)[C@H]1C. The Bertz CT molecular complexity index is 893. The molecule has 0 aliphatic heterocycles. The van der Waals surface area contributed by atoms with E-state index in [0.717, 1.165) is 12.8 Å². The van der Waals surface area contributed by atoms with E-state index in [1.165, 1.54) is 18.2 Å². The molecule has 1 amide bonds. The van der Waals surface area contributed by atoms with Crippen LogP contribution in [0, 0.1) is 17.8 Å². The number of hydrogen-bond donors (Lipinski definition) is 1. The van der Waals surface area contributed by atoms with Gasteiger partial charge in [0.2, 0.25) is 5.91 Å². The van der Waals surface area contributed by atoms with Gasteiger partial charge in [-0.3, -0.25) is 14.2 Å². The van der Waals surface area contributed by atoms with Crippen molar-refractivity contribution in [1.82, 2.24) is 14.9 Å². The summed E-state index contributed by atoms with van der Waals surface area (Å²) in [5.74, 6) is 1.65. The molecule has 6 heteroatoms. The van der Waals surface area contributed by atoms with Crippen LogP contribution in [0.1, 0.15) is 53.0 Å². The molecular weight excluding hydrogens is 370 g/mol. The predicted octanol–water partition coefficient (Wildman–Crippen LogP) is 4.26. The van der Waals surface area contributed by atoms with Crippen LogP contribution in [0.3, 0.4) is 0 Å². The zero-order valence-corrected chi connectivity index (χ0v) is 18.1. The van der Waals surface area contributed by atoms with E-state index < -0.39 is 0 Å². The third-order valence-corrected chi connectivity index (χ3v) is 6.76. The number of thioether (sulfide) groups is 1. The van der Waals surface area contributed by atoms with Crippen molar-refractivity contribution in [3.05, 3.63) is 34.6 Å². The molecular formula is C22H31N3O2S. The molecule has 1 saturated carbocycles. The summed E-state index contributed by atoms with van der Waals surface area (Å²) >= 11 is 1.37. The second-order valence-corrected chi connectivity index (χ2v) is 9.35. The van der Waals surface area contributed by atoms with Gasteiger partial charge in [0.25, 0.3) is 5.56 Å². The highest BCUT2D eigenvalue weighted by Gasteiger charge is 2.31. The number of rotatable bonds is 6. The number of nitrogens with one attached hydrogen (secondary N) is 1. The van der Waals surface area contributed by atoms with E-state index in [2.05, 4.69) is 33.0 Å². The highest BCUT2D eigenvalue weighted by atomic mass is 32.2. The van der Waals surface area contributed by atoms with Crippen molar-refractivity contribution < 1.29 is 4.79 Å². The molecule has 0 saturated heterocycles. The number of benzene rings is 1. The lowest BCUT2D eigenvalue weighted by Gasteiger charge is -2.36. The molecule has 1 fully saturated rings. The van der Waals surface area contributed by atoms with Gasteiger partial charge in [-0.05, 0) is 36.3 Å². The van der Waals surface area contributed by atoms with Crippen molar-refractivity contribution in [3.63, 3.8) is 0 Å². The van der Waals surface area contributed by atoms with Gasteiger partial charge >= 0.3 is 0 Å². The Labute approximate surface area is 171 Å². The van der Waals surface area contributed by atoms with Crippen molar-refractivity contribution in [1.29, 1.82) is 0 Å². The second-order valence-electron chi connectivity index (χ2n) is 8.41. The van der Waals surface area contributed by atoms with Gasteiger partial charge in [0.1, 0.15) is 0 Å². The Morgan fingerprint density at radius 1 is 1.29 bits per heavy atom. The van der Waals surface area contributed by atoms with Crippen LogP contribution in [0.4, 0.5) is 0 Å². The minimum atomic E-state index is -0.0160. The fraction of sp³-hybridized carbons (Fsp3) is 0.591. The van der Waals surface area contributed by atoms with E-state index >= 15 is 0 Å². The lowest BCUT2D eigenvalue weighted by Crippen LogP contribution is -2.36. The first-order valence-corrected chi connectivity index (χ1v) is 11.3. The van der Waals surface area contributed by atoms with Gasteiger partial charge in [0.15, 0.2) is 5.16 Å². The van der Waals surface area contributed by atoms with E-state index in [1.807, 2.05) is 28.8 Å². The van der Waals surface area contributed by atoms with Crippen LogP contribution in [0.2, 0.25) is 0 Å². The smallest absolute Gasteiger partial charge is 0.262 e. The summed E-state index contributed by atoms with van der Waals surface area (Å²) in [7, 11) is 0. The number of hydrogen-bond acceptors (Lipinski definition) is 4. The van der Waals surface area contributed by atoms with Crippen molar-refractivity contribution in [2.45, 2.75) is 58.2 Å². The predicted molar refractivity (Wildman–Crippen MR) is 116 cm³/mol. The van der Waals surface area contributed by atoms with Gasteiger partial charge in [-0.15, -0.1) is 0 Å². The first-order chi connectivity index (χ1) is 13.4. The maximum atomic E-state index is 13.4. The Kier molecular flexibility index (Phi) is 6.81. The summed E-state index contributed by atoms with van der Waals surface area (Å²) in [5, 5.41) is 4.26. The van der Waals surface area contributed by atoms with E-state index in [1.54, 1.807) is 0 Å². The summed E-state index contributed by atoms with van der Waals surface area (Å²) in [5.41, 5.74) is 0.715. The summed E-state index contributed by atoms with van der Waals surface area (Å²) in [6.07, 6.45) is 3.31. The van der Waals surface area contributed by atoms with Crippen LogP contribution in [-0.2, 0) is 4.79 Å². The molecule has 1 N–H and O–H groups in total. The molecule has 28 heavy (non-hydrogen) atoms. The lowest BCUT2D eigenvalue weighted by molar-refractivity contribution is -0.118. The molecule has 3 rings (SSSR count). The van der Waals surface area contributed by atoms with E-state index in [0.29, 0.717) is 40.4 Å². The summed E-state index contributed by atoms with van der Waals surface area (Å²) in [6, 6.07) is 7.64. The third kappa shape index (κ3) is 4.59. The van der Waals surface area contributed by atoms with Crippen LogP contribution >= 0.6 is 11.8 Å². The van der Waals surface area contributed by atoms with E-state index in [4.69, 9.17) is 4.98 Å². The van der Waals surface area contributed by atoms with Crippen LogP contribution in [0.25, 0.3) is 10.9 Å². The molecule has 2 aromatic rings. The third-order valence-electron chi connectivity index (χ3n) is 5.81. The molecule has 152 valence electrons. The first-order valence-electron chi connectivity index (χ1n) is 10.3. The van der Waals surface area contributed by atoms with E-state index in [-0.39, 0.29) is 23.3 Å². The standard InChI is InChI=1S/C22H31N3O2S/c1-14(2)12-23-20(26)13-28-22-24-18-10-6-5-9-17(18)21(27)25(22)19-11-7-8-15(3)16(19)4/h5-6,9-10,14-16,19H,7-8,11-13H2,1-4H3,(H,23,26)/t15-,16-,19-/m1/s1. The van der Waals surface area contributed by atoms with Crippen LogP contribution in [0.15, 0.2) is 34.2 Å². The van der Waals surface area contributed by atoms with Gasteiger partial charge in [-0.2, -0.15) is 0 Å². The summed E-state index contributed by atoms with van der Waals surface area (Å²) in [4.78, 5) is 30.4. The molecule has 0 bridgehead atoms. The monoisotopic (exact) mass is 401 g/mol. The number of carbonyl (C=O) groups excluding carboxylic acids is 1. The number of fused-ring (bicyclic) bond motifs is 1. The molecule has 5 nitrogen and oxygen atoms in total. The van der Waals surface area contributed by atoms with Crippen molar-refractivity contribution >= 4 is 28.6 Å². The largest absolute Gasteiger partial charge is 0.355 e. The maximum absolute atomic E-state index is 13.4. The molecule has 1 aromatic heterocycles. The van der Waals surface area contributed by atoms with Gasteiger partial charge in [0, 0.05) is 12.6 Å². The number of carbonyl (C=O) groups is 1. The molecule has 1 aliphatic carbocycles. The zero-order valence-electron chi connectivity index (χ0n) is 17.3. The minimum absolute atomic E-state index is 0.0154. The van der Waals surface area contributed by atoms with Crippen molar-refractivity contribution in [3.8, 4) is 0 Å². The lowest BCUT2D eigenvalue weighted by atomic mass is 9.78. The Morgan fingerprint density at radius 3 is 2.79 bits per heavy atom. The van der Waals surface area contributed by atoms with Gasteiger partial charge in [0.05, 0.1) is 16.7 Å². The van der Waals surface area contributed by atoms with Crippen molar-refractivity contribution in [2.75, 3.05) is 12.3 Å². The average Bonchev–Trinajstić information content (AvgIpc) is 2.67. The highest BCUT2D eigenvalue weighted by Crippen LogP contribution is 2.38. The molecule has 0 spiro atoms. The van der Waals surface area contributed by atoms with Crippen LogP contribution < -0.4 is 10.9 Å². The fourth-order valence-corrected chi connectivity index (χ4v) is 4.82. The van der Waals surface area contributed by atoms with Gasteiger partial charge in [-0.1, -0.05) is 64.4 Å². The molecule has 3 atom stereocenters. The van der Waals surface area contributed by atoms with Crippen LogP contribution in [0.5, 0.6) is 0 Å². The molecule has 1 aromatic carbocycles. The quantitative estimate of drug-likeness (QED) is 0.580. The Morgan fingerprint density at radius 2 is 2.04 bits per heavy atom. The zero-order chi connectivity index (χ0) is 20.3. The molecule has 0 unspecified atom stereocenters. The number of aromatic nitrogens is 2.